The van der Waals surface area contributed by atoms with Crippen molar-refractivity contribution >= 4 is 23.7 Å². The quantitative estimate of drug-likeness (QED) is 0.319. The highest BCUT2D eigenvalue weighted by Gasteiger charge is 2.34. The summed E-state index contributed by atoms with van der Waals surface area (Å²) >= 11 is 0. The molecule has 162 valence electrons. The lowest BCUT2D eigenvalue weighted by Gasteiger charge is -2.28. The van der Waals surface area contributed by atoms with E-state index in [1.165, 1.54) is 0 Å². The Morgan fingerprint density at radius 2 is 1.42 bits per heavy atom. The summed E-state index contributed by atoms with van der Waals surface area (Å²) in [6.07, 6.45) is 4.53. The Kier molecular flexibility index (Phi) is 7.75. The Morgan fingerprint density at radius 1 is 0.871 bits per heavy atom. The number of carbonyl (C=O) groups is 3. The summed E-state index contributed by atoms with van der Waals surface area (Å²) in [7, 11) is 0. The number of carbonyl (C=O) groups excluding carboxylic acids is 3. The molecule has 31 heavy (non-hydrogen) atoms. The van der Waals surface area contributed by atoms with Crippen molar-refractivity contribution in [3.05, 3.63) is 71.8 Å². The minimum atomic E-state index is -0.882. The van der Waals surface area contributed by atoms with Gasteiger partial charge in [0.1, 0.15) is 5.92 Å². The van der Waals surface area contributed by atoms with Gasteiger partial charge in [0, 0.05) is 0 Å². The molecule has 1 aliphatic rings. The van der Waals surface area contributed by atoms with Crippen LogP contribution in [-0.4, -0.2) is 23.7 Å². The molecule has 1 fully saturated rings. The summed E-state index contributed by atoms with van der Waals surface area (Å²) in [5.41, 5.74) is 8.87. The van der Waals surface area contributed by atoms with E-state index in [0.717, 1.165) is 32.1 Å². The number of amidine groups is 1. The molecule has 8 heteroatoms. The minimum Gasteiger partial charge on any atom is -0.384 e. The number of amides is 1. The van der Waals surface area contributed by atoms with Gasteiger partial charge in [-0.3, -0.25) is 4.79 Å². The number of benzene rings is 2. The molecule has 0 bridgehead atoms. The van der Waals surface area contributed by atoms with Gasteiger partial charge in [0.15, 0.2) is 5.84 Å². The fraction of sp³-hybridized carbons (Fsp3) is 0.304. The molecule has 0 unspecified atom stereocenters. The summed E-state index contributed by atoms with van der Waals surface area (Å²) in [4.78, 5) is 47.0. The highest BCUT2D eigenvalue weighted by atomic mass is 16.7. The molecule has 3 N–H and O–H groups in total. The standard InChI is InChI=1S/C23H25N3O5/c24-20(25-30-22(28)17-12-6-2-7-13-17)19(16-10-4-1-5-11-16)21(27)26-31-23(29)18-14-8-3-9-15-18/h2-3,6-9,12-16,19H,1,4-5,10-11H2,(H2,24,25)(H,26,27)/t19-/m0/s1. The summed E-state index contributed by atoms with van der Waals surface area (Å²) in [6, 6.07) is 16.6. The molecule has 0 spiro atoms. The average molecular weight is 423 g/mol. The Balaban J connectivity index is 1.68. The van der Waals surface area contributed by atoms with Gasteiger partial charge >= 0.3 is 11.9 Å². The molecule has 1 saturated carbocycles. The lowest BCUT2D eigenvalue weighted by Crippen LogP contribution is -2.44. The van der Waals surface area contributed by atoms with Crippen LogP contribution < -0.4 is 11.2 Å². The first-order valence-electron chi connectivity index (χ1n) is 10.2. The predicted octanol–water partition coefficient (Wildman–Crippen LogP) is 3.20. The monoisotopic (exact) mass is 423 g/mol. The number of nitrogens with two attached hydrogens (primary N) is 1. The Labute approximate surface area is 180 Å². The van der Waals surface area contributed by atoms with Crippen LogP contribution in [0.3, 0.4) is 0 Å². The number of nitrogens with one attached hydrogen (secondary N) is 1. The molecule has 3 rings (SSSR count). The number of oxime groups is 1. The Hall–Kier alpha value is -3.68. The van der Waals surface area contributed by atoms with Gasteiger partial charge in [0.2, 0.25) is 0 Å². The van der Waals surface area contributed by atoms with E-state index in [1.807, 2.05) is 0 Å². The third-order valence-corrected chi connectivity index (χ3v) is 5.22. The fourth-order valence-electron chi connectivity index (χ4n) is 3.63. The topological polar surface area (TPSA) is 120 Å². The summed E-state index contributed by atoms with van der Waals surface area (Å²) < 4.78 is 0. The van der Waals surface area contributed by atoms with Crippen molar-refractivity contribution in [2.45, 2.75) is 32.1 Å². The molecule has 1 amide bonds. The second-order valence-corrected chi connectivity index (χ2v) is 7.36. The number of nitrogens with zero attached hydrogens (tertiary/aromatic N) is 1. The first-order chi connectivity index (χ1) is 15.1. The lowest BCUT2D eigenvalue weighted by atomic mass is 9.79. The predicted molar refractivity (Wildman–Crippen MR) is 114 cm³/mol. The van der Waals surface area contributed by atoms with Gasteiger partial charge in [-0.1, -0.05) is 60.8 Å². The number of hydroxylamine groups is 1. The van der Waals surface area contributed by atoms with Gasteiger partial charge in [0.05, 0.1) is 11.1 Å². The van der Waals surface area contributed by atoms with E-state index >= 15 is 0 Å². The molecule has 8 nitrogen and oxygen atoms in total. The molecule has 0 saturated heterocycles. The van der Waals surface area contributed by atoms with Crippen molar-refractivity contribution in [3.8, 4) is 0 Å². The summed E-state index contributed by atoms with van der Waals surface area (Å²) in [5, 5.41) is 3.73. The number of rotatable bonds is 6. The second kappa shape index (κ2) is 10.9. The molecule has 2 aromatic carbocycles. The summed E-state index contributed by atoms with van der Waals surface area (Å²) in [5.74, 6) is -3.09. The molecule has 0 aliphatic heterocycles. The zero-order chi connectivity index (χ0) is 22.1. The molecule has 0 aromatic heterocycles. The van der Waals surface area contributed by atoms with Crippen LogP contribution in [0.4, 0.5) is 0 Å². The zero-order valence-corrected chi connectivity index (χ0v) is 17.0. The van der Waals surface area contributed by atoms with Crippen molar-refractivity contribution in [1.82, 2.24) is 5.48 Å². The average Bonchev–Trinajstić information content (AvgIpc) is 2.83. The van der Waals surface area contributed by atoms with Crippen molar-refractivity contribution in [1.29, 1.82) is 0 Å². The zero-order valence-electron chi connectivity index (χ0n) is 17.0. The lowest BCUT2D eigenvalue weighted by molar-refractivity contribution is -0.133. The van der Waals surface area contributed by atoms with Gasteiger partial charge in [-0.15, -0.1) is 0 Å². The van der Waals surface area contributed by atoms with Crippen LogP contribution in [0.2, 0.25) is 0 Å². The van der Waals surface area contributed by atoms with Crippen molar-refractivity contribution in [2.75, 3.05) is 0 Å². The van der Waals surface area contributed by atoms with Gasteiger partial charge < -0.3 is 15.4 Å². The number of hydrogen-bond acceptors (Lipinski definition) is 6. The Bertz CT molecular complexity index is 925. The molecular formula is C23H25N3O5. The summed E-state index contributed by atoms with van der Waals surface area (Å²) in [6.45, 7) is 0. The molecule has 0 radical (unpaired) electrons. The maximum absolute atomic E-state index is 12.8. The van der Waals surface area contributed by atoms with Gasteiger partial charge in [0.25, 0.3) is 5.91 Å². The first kappa shape index (κ1) is 22.0. The van der Waals surface area contributed by atoms with Gasteiger partial charge in [-0.05, 0) is 43.0 Å². The molecule has 1 atom stereocenters. The van der Waals surface area contributed by atoms with Crippen LogP contribution >= 0.6 is 0 Å². The maximum atomic E-state index is 12.8. The van der Waals surface area contributed by atoms with E-state index in [0.29, 0.717) is 11.1 Å². The van der Waals surface area contributed by atoms with Crippen LogP contribution in [0.1, 0.15) is 52.8 Å². The van der Waals surface area contributed by atoms with E-state index in [2.05, 4.69) is 10.6 Å². The van der Waals surface area contributed by atoms with Crippen LogP contribution in [0.5, 0.6) is 0 Å². The number of hydrogen-bond donors (Lipinski definition) is 2. The molecule has 2 aromatic rings. The van der Waals surface area contributed by atoms with Gasteiger partial charge in [-0.25, -0.2) is 9.59 Å². The minimum absolute atomic E-state index is 0.0941. The van der Waals surface area contributed by atoms with E-state index in [1.54, 1.807) is 60.7 Å². The molecular weight excluding hydrogens is 398 g/mol. The van der Waals surface area contributed by atoms with E-state index in [4.69, 9.17) is 15.4 Å². The van der Waals surface area contributed by atoms with Gasteiger partial charge in [-0.2, -0.15) is 5.48 Å². The SMILES string of the molecule is NC(=NOC(=O)c1ccccc1)[C@@H](C(=O)NOC(=O)c1ccccc1)C1CCCCC1. The Morgan fingerprint density at radius 3 is 2.00 bits per heavy atom. The van der Waals surface area contributed by atoms with E-state index < -0.39 is 23.8 Å². The fourth-order valence-corrected chi connectivity index (χ4v) is 3.63. The van der Waals surface area contributed by atoms with Crippen LogP contribution in [0.25, 0.3) is 0 Å². The molecule has 0 heterocycles. The van der Waals surface area contributed by atoms with E-state index in [-0.39, 0.29) is 11.8 Å². The van der Waals surface area contributed by atoms with Crippen molar-refractivity contribution in [3.63, 3.8) is 0 Å². The van der Waals surface area contributed by atoms with Crippen LogP contribution in [0.15, 0.2) is 65.8 Å². The first-order valence-corrected chi connectivity index (χ1v) is 10.2. The molecule has 1 aliphatic carbocycles. The van der Waals surface area contributed by atoms with Crippen molar-refractivity contribution < 1.29 is 24.1 Å². The smallest absolute Gasteiger partial charge is 0.365 e. The largest absolute Gasteiger partial charge is 0.384 e. The van der Waals surface area contributed by atoms with Crippen molar-refractivity contribution in [2.24, 2.45) is 22.7 Å². The normalized spacial score (nSPS) is 15.5. The third-order valence-electron chi connectivity index (χ3n) is 5.22. The third kappa shape index (κ3) is 6.15. The second-order valence-electron chi connectivity index (χ2n) is 7.36. The maximum Gasteiger partial charge on any atom is 0.365 e. The van der Waals surface area contributed by atoms with Crippen LogP contribution in [0, 0.1) is 11.8 Å². The highest BCUT2D eigenvalue weighted by Crippen LogP contribution is 2.30. The highest BCUT2D eigenvalue weighted by molar-refractivity contribution is 6.03. The van der Waals surface area contributed by atoms with Crippen LogP contribution in [-0.2, 0) is 14.5 Å². The van der Waals surface area contributed by atoms with E-state index in [9.17, 15) is 14.4 Å².